The molecule has 86 valence electrons. The van der Waals surface area contributed by atoms with Gasteiger partial charge in [-0.25, -0.2) is 0 Å². The average Bonchev–Trinajstić information content (AvgIpc) is 2.22. The third kappa shape index (κ3) is 8.48. The summed E-state index contributed by atoms with van der Waals surface area (Å²) in [6.45, 7) is 4.22. The molecule has 0 aromatic rings. The number of hydrogen-bond donors (Lipinski definition) is 3. The fourth-order valence-electron chi connectivity index (χ4n) is 1.49. The van der Waals surface area contributed by atoms with Crippen molar-refractivity contribution in [2.24, 2.45) is 5.73 Å². The van der Waals surface area contributed by atoms with Crippen molar-refractivity contribution >= 4 is 0 Å². The molecule has 0 heterocycles. The molecule has 0 aliphatic rings. The first kappa shape index (κ1) is 13.9. The first-order valence-corrected chi connectivity index (χ1v) is 5.89. The summed E-state index contributed by atoms with van der Waals surface area (Å²) in [7, 11) is 0. The molecule has 4 N–H and O–H groups in total. The van der Waals surface area contributed by atoms with E-state index in [-0.39, 0.29) is 0 Å². The van der Waals surface area contributed by atoms with Gasteiger partial charge >= 0.3 is 0 Å². The van der Waals surface area contributed by atoms with Gasteiger partial charge in [0, 0.05) is 19.2 Å². The zero-order valence-corrected chi connectivity index (χ0v) is 9.47. The molecule has 1 atom stereocenters. The molecule has 14 heavy (non-hydrogen) atoms. The van der Waals surface area contributed by atoms with Crippen LogP contribution in [0.25, 0.3) is 0 Å². The smallest absolute Gasteiger partial charge is 0.0431 e. The molecule has 0 saturated carbocycles. The van der Waals surface area contributed by atoms with E-state index in [1.165, 1.54) is 25.7 Å². The lowest BCUT2D eigenvalue weighted by Gasteiger charge is -2.16. The Kier molecular flexibility index (Phi) is 10.9. The highest BCUT2D eigenvalue weighted by atomic mass is 16.2. The number of nitrogens with one attached hydrogen (secondary N) is 1. The minimum absolute atomic E-state index is 0.296. The Hall–Kier alpha value is -0.120. The van der Waals surface area contributed by atoms with Crippen LogP contribution < -0.4 is 11.1 Å². The van der Waals surface area contributed by atoms with Gasteiger partial charge in [0.1, 0.15) is 0 Å². The van der Waals surface area contributed by atoms with E-state index in [0.29, 0.717) is 12.6 Å². The summed E-state index contributed by atoms with van der Waals surface area (Å²) < 4.78 is 0. The van der Waals surface area contributed by atoms with Crippen LogP contribution in [0.4, 0.5) is 0 Å². The second-order valence-electron chi connectivity index (χ2n) is 3.81. The van der Waals surface area contributed by atoms with Crippen LogP contribution in [0, 0.1) is 0 Å². The molecule has 3 heteroatoms. The van der Waals surface area contributed by atoms with Crippen molar-refractivity contribution < 1.29 is 5.11 Å². The Labute approximate surface area is 88.1 Å². The maximum Gasteiger partial charge on any atom is 0.0431 e. The maximum atomic E-state index is 8.61. The lowest BCUT2D eigenvalue weighted by Crippen LogP contribution is -2.36. The van der Waals surface area contributed by atoms with Crippen LogP contribution in [0.3, 0.4) is 0 Å². The third-order valence-corrected chi connectivity index (χ3v) is 2.46. The normalized spacial score (nSPS) is 13.1. The van der Waals surface area contributed by atoms with Crippen molar-refractivity contribution in [3.8, 4) is 0 Å². The minimum atomic E-state index is 0.296. The maximum absolute atomic E-state index is 8.61. The molecule has 0 aliphatic carbocycles. The van der Waals surface area contributed by atoms with Crippen molar-refractivity contribution in [2.75, 3.05) is 19.7 Å². The quantitative estimate of drug-likeness (QED) is 0.467. The van der Waals surface area contributed by atoms with Crippen molar-refractivity contribution in [3.05, 3.63) is 0 Å². The van der Waals surface area contributed by atoms with Crippen LogP contribution in [0.1, 0.15) is 45.4 Å². The van der Waals surface area contributed by atoms with Crippen LogP contribution in [0.2, 0.25) is 0 Å². The molecule has 3 nitrogen and oxygen atoms in total. The molecule has 0 rings (SSSR count). The second-order valence-corrected chi connectivity index (χ2v) is 3.81. The highest BCUT2D eigenvalue weighted by molar-refractivity contribution is 4.67. The molecular formula is C11H26N2O. The van der Waals surface area contributed by atoms with Crippen LogP contribution in [-0.2, 0) is 0 Å². The molecule has 0 aromatic carbocycles. The summed E-state index contributed by atoms with van der Waals surface area (Å²) in [5, 5.41) is 12.0. The minimum Gasteiger partial charge on any atom is -0.396 e. The van der Waals surface area contributed by atoms with Crippen LogP contribution in [0.5, 0.6) is 0 Å². The fraction of sp³-hybridized carbons (Fsp3) is 1.00. The summed E-state index contributed by atoms with van der Waals surface area (Å²) in [5.74, 6) is 0. The highest BCUT2D eigenvalue weighted by Crippen LogP contribution is 2.02. The fourth-order valence-corrected chi connectivity index (χ4v) is 1.49. The van der Waals surface area contributed by atoms with Gasteiger partial charge in [-0.3, -0.25) is 0 Å². The van der Waals surface area contributed by atoms with E-state index >= 15 is 0 Å². The molecule has 0 saturated heterocycles. The summed E-state index contributed by atoms with van der Waals surface area (Å²) in [6, 6.07) is 0.472. The molecule has 0 spiro atoms. The summed E-state index contributed by atoms with van der Waals surface area (Å²) in [5.41, 5.74) is 5.66. The molecule has 0 radical (unpaired) electrons. The Balaban J connectivity index is 3.28. The first-order chi connectivity index (χ1) is 6.85. The van der Waals surface area contributed by atoms with Gasteiger partial charge in [0.15, 0.2) is 0 Å². The number of aliphatic hydroxyl groups is 1. The van der Waals surface area contributed by atoms with Crippen LogP contribution in [0.15, 0.2) is 0 Å². The van der Waals surface area contributed by atoms with Gasteiger partial charge in [-0.15, -0.1) is 0 Å². The molecule has 0 aromatic heterocycles. The summed E-state index contributed by atoms with van der Waals surface area (Å²) >= 11 is 0. The number of rotatable bonds is 10. The monoisotopic (exact) mass is 202 g/mol. The van der Waals surface area contributed by atoms with Crippen molar-refractivity contribution in [2.45, 2.75) is 51.5 Å². The van der Waals surface area contributed by atoms with Gasteiger partial charge in [-0.05, 0) is 25.8 Å². The first-order valence-electron chi connectivity index (χ1n) is 5.89. The number of aliphatic hydroxyl groups excluding tert-OH is 1. The van der Waals surface area contributed by atoms with Gasteiger partial charge in [0.2, 0.25) is 0 Å². The van der Waals surface area contributed by atoms with E-state index in [2.05, 4.69) is 12.2 Å². The standard InChI is InChI=1S/C11H26N2O/c1-2-3-4-7-11(10-12)13-8-5-6-9-14/h11,13-14H,2-10,12H2,1H3. The van der Waals surface area contributed by atoms with E-state index < -0.39 is 0 Å². The van der Waals surface area contributed by atoms with Gasteiger partial charge in [0.05, 0.1) is 0 Å². The largest absolute Gasteiger partial charge is 0.396 e. The molecular weight excluding hydrogens is 176 g/mol. The molecule has 1 unspecified atom stereocenters. The predicted molar refractivity (Wildman–Crippen MR) is 61.3 cm³/mol. The van der Waals surface area contributed by atoms with Crippen LogP contribution >= 0.6 is 0 Å². The van der Waals surface area contributed by atoms with E-state index in [1.54, 1.807) is 0 Å². The Morgan fingerprint density at radius 1 is 1.21 bits per heavy atom. The van der Waals surface area contributed by atoms with Gasteiger partial charge < -0.3 is 16.2 Å². The summed E-state index contributed by atoms with van der Waals surface area (Å²) in [4.78, 5) is 0. The number of nitrogens with two attached hydrogens (primary N) is 1. The van der Waals surface area contributed by atoms with E-state index in [4.69, 9.17) is 10.8 Å². The lowest BCUT2D eigenvalue weighted by atomic mass is 10.1. The van der Waals surface area contributed by atoms with Gasteiger partial charge in [-0.1, -0.05) is 26.2 Å². The van der Waals surface area contributed by atoms with Crippen molar-refractivity contribution in [1.29, 1.82) is 0 Å². The van der Waals surface area contributed by atoms with Gasteiger partial charge in [0.25, 0.3) is 0 Å². The Morgan fingerprint density at radius 3 is 2.57 bits per heavy atom. The second kappa shape index (κ2) is 11.0. The van der Waals surface area contributed by atoms with Crippen LogP contribution in [-0.4, -0.2) is 30.8 Å². The molecule has 0 amide bonds. The zero-order chi connectivity index (χ0) is 10.6. The lowest BCUT2D eigenvalue weighted by molar-refractivity contribution is 0.282. The van der Waals surface area contributed by atoms with E-state index in [0.717, 1.165) is 25.9 Å². The SMILES string of the molecule is CCCCCC(CN)NCCCCO. The Morgan fingerprint density at radius 2 is 2.00 bits per heavy atom. The molecule has 0 bridgehead atoms. The van der Waals surface area contributed by atoms with Crippen molar-refractivity contribution in [1.82, 2.24) is 5.32 Å². The van der Waals surface area contributed by atoms with E-state index in [1.807, 2.05) is 0 Å². The Bertz CT molecular complexity index is 109. The molecule has 0 fully saturated rings. The number of hydrogen-bond acceptors (Lipinski definition) is 3. The predicted octanol–water partition coefficient (Wildman–Crippen LogP) is 1.26. The average molecular weight is 202 g/mol. The zero-order valence-electron chi connectivity index (χ0n) is 9.47. The van der Waals surface area contributed by atoms with E-state index in [9.17, 15) is 0 Å². The van der Waals surface area contributed by atoms with Gasteiger partial charge in [-0.2, -0.15) is 0 Å². The summed E-state index contributed by atoms with van der Waals surface area (Å²) in [6.07, 6.45) is 6.95. The highest BCUT2D eigenvalue weighted by Gasteiger charge is 2.03. The number of unbranched alkanes of at least 4 members (excludes halogenated alkanes) is 3. The topological polar surface area (TPSA) is 58.3 Å². The third-order valence-electron chi connectivity index (χ3n) is 2.46. The molecule has 0 aliphatic heterocycles. The van der Waals surface area contributed by atoms with Crippen molar-refractivity contribution in [3.63, 3.8) is 0 Å².